The van der Waals surface area contributed by atoms with Crippen molar-refractivity contribution in [2.75, 3.05) is 18.9 Å². The minimum Gasteiger partial charge on any atom is -0.399 e. The Balaban J connectivity index is 1.97. The second kappa shape index (κ2) is 5.59. The monoisotopic (exact) mass is 269 g/mol. The zero-order chi connectivity index (χ0) is 13.9. The average molecular weight is 269 g/mol. The first-order chi connectivity index (χ1) is 9.72. The topological polar surface area (TPSA) is 61.0 Å². The van der Waals surface area contributed by atoms with Crippen molar-refractivity contribution in [1.82, 2.24) is 9.97 Å². The fraction of sp³-hybridized carbons (Fsp3) is 0.375. The summed E-state index contributed by atoms with van der Waals surface area (Å²) in [5.74, 6) is 1.24. The average Bonchev–Trinajstić information content (AvgIpc) is 2.47. The number of hydrogen-bond acceptors (Lipinski definition) is 4. The van der Waals surface area contributed by atoms with E-state index < -0.39 is 0 Å². The Morgan fingerprint density at radius 2 is 1.95 bits per heavy atom. The fourth-order valence-electron chi connectivity index (χ4n) is 2.60. The Hall–Kier alpha value is -1.94. The van der Waals surface area contributed by atoms with Gasteiger partial charge in [0.05, 0.1) is 0 Å². The summed E-state index contributed by atoms with van der Waals surface area (Å²) >= 11 is 0. The summed E-state index contributed by atoms with van der Waals surface area (Å²) in [6.07, 6.45) is 2.07. The van der Waals surface area contributed by atoms with Gasteiger partial charge in [0.25, 0.3) is 0 Å². The Kier molecular flexibility index (Phi) is 3.65. The molecule has 4 heteroatoms. The van der Waals surface area contributed by atoms with Crippen LogP contribution < -0.4 is 5.73 Å². The lowest BCUT2D eigenvalue weighted by Crippen LogP contribution is -2.16. The van der Waals surface area contributed by atoms with E-state index in [1.54, 1.807) is 0 Å². The summed E-state index contributed by atoms with van der Waals surface area (Å²) in [6.45, 7) is 3.66. The molecule has 2 N–H and O–H groups in total. The van der Waals surface area contributed by atoms with Crippen LogP contribution in [0.1, 0.15) is 30.1 Å². The molecule has 2 heterocycles. The van der Waals surface area contributed by atoms with Gasteiger partial charge in [-0.15, -0.1) is 0 Å². The molecular weight excluding hydrogens is 250 g/mol. The van der Waals surface area contributed by atoms with E-state index >= 15 is 0 Å². The van der Waals surface area contributed by atoms with Crippen LogP contribution in [0.15, 0.2) is 30.3 Å². The summed E-state index contributed by atoms with van der Waals surface area (Å²) in [7, 11) is 0. The van der Waals surface area contributed by atoms with Gasteiger partial charge in [0.1, 0.15) is 0 Å². The van der Waals surface area contributed by atoms with Crippen molar-refractivity contribution in [3.05, 3.63) is 41.7 Å². The van der Waals surface area contributed by atoms with E-state index in [0.29, 0.717) is 5.92 Å². The van der Waals surface area contributed by atoms with Gasteiger partial charge in [-0.05, 0) is 38.0 Å². The van der Waals surface area contributed by atoms with Gasteiger partial charge in [-0.25, -0.2) is 9.97 Å². The molecule has 0 unspecified atom stereocenters. The predicted molar refractivity (Wildman–Crippen MR) is 79.4 cm³/mol. The van der Waals surface area contributed by atoms with Crippen LogP contribution in [0.25, 0.3) is 11.4 Å². The molecule has 0 aliphatic carbocycles. The molecule has 0 saturated carbocycles. The highest BCUT2D eigenvalue weighted by Gasteiger charge is 2.18. The summed E-state index contributed by atoms with van der Waals surface area (Å²) in [6, 6.07) is 9.82. The van der Waals surface area contributed by atoms with Crippen molar-refractivity contribution in [2.24, 2.45) is 0 Å². The number of aryl methyl sites for hydroxylation is 1. The van der Waals surface area contributed by atoms with E-state index in [0.717, 1.165) is 54.5 Å². The molecule has 2 aromatic rings. The molecular formula is C16H19N3O. The Morgan fingerprint density at radius 3 is 2.70 bits per heavy atom. The van der Waals surface area contributed by atoms with Crippen LogP contribution >= 0.6 is 0 Å². The molecule has 1 saturated heterocycles. The van der Waals surface area contributed by atoms with Gasteiger partial charge < -0.3 is 10.5 Å². The highest BCUT2D eigenvalue weighted by molar-refractivity contribution is 5.61. The molecule has 1 fully saturated rings. The molecule has 0 amide bonds. The van der Waals surface area contributed by atoms with Crippen LogP contribution in [0.5, 0.6) is 0 Å². The Bertz CT molecular complexity index is 606. The van der Waals surface area contributed by atoms with Crippen molar-refractivity contribution in [3.8, 4) is 11.4 Å². The van der Waals surface area contributed by atoms with Crippen LogP contribution in [-0.4, -0.2) is 23.2 Å². The maximum Gasteiger partial charge on any atom is 0.159 e. The van der Waals surface area contributed by atoms with Crippen molar-refractivity contribution in [2.45, 2.75) is 25.7 Å². The number of rotatable bonds is 2. The number of benzene rings is 1. The Labute approximate surface area is 119 Å². The zero-order valence-corrected chi connectivity index (χ0v) is 11.7. The summed E-state index contributed by atoms with van der Waals surface area (Å²) in [5, 5.41) is 0. The van der Waals surface area contributed by atoms with Crippen molar-refractivity contribution < 1.29 is 4.74 Å². The largest absolute Gasteiger partial charge is 0.399 e. The van der Waals surface area contributed by atoms with Gasteiger partial charge in [0.15, 0.2) is 5.82 Å². The highest BCUT2D eigenvalue weighted by atomic mass is 16.5. The predicted octanol–water partition coefficient (Wildman–Crippen LogP) is 2.93. The lowest BCUT2D eigenvalue weighted by Gasteiger charge is -2.22. The molecule has 0 spiro atoms. The SMILES string of the molecule is Cc1cc(C2CCOCC2)nc(-c2cccc(N)c2)n1. The van der Waals surface area contributed by atoms with E-state index in [1.807, 2.05) is 31.2 Å². The molecule has 0 radical (unpaired) electrons. The summed E-state index contributed by atoms with van der Waals surface area (Å²) in [4.78, 5) is 9.29. The molecule has 0 atom stereocenters. The number of hydrogen-bond donors (Lipinski definition) is 1. The van der Waals surface area contributed by atoms with E-state index in [4.69, 9.17) is 15.5 Å². The molecule has 1 aromatic heterocycles. The van der Waals surface area contributed by atoms with Crippen LogP contribution in [-0.2, 0) is 4.74 Å². The number of nitrogens with zero attached hydrogens (tertiary/aromatic N) is 2. The molecule has 1 aliphatic rings. The summed E-state index contributed by atoms with van der Waals surface area (Å²) < 4.78 is 5.42. The lowest BCUT2D eigenvalue weighted by atomic mass is 9.95. The molecule has 1 aromatic carbocycles. The highest BCUT2D eigenvalue weighted by Crippen LogP contribution is 2.27. The molecule has 3 rings (SSSR count). The van der Waals surface area contributed by atoms with E-state index in [1.165, 1.54) is 0 Å². The maximum atomic E-state index is 5.84. The quantitative estimate of drug-likeness (QED) is 0.851. The van der Waals surface area contributed by atoms with Crippen molar-refractivity contribution >= 4 is 5.69 Å². The van der Waals surface area contributed by atoms with Gasteiger partial charge >= 0.3 is 0 Å². The van der Waals surface area contributed by atoms with Crippen molar-refractivity contribution in [1.29, 1.82) is 0 Å². The van der Waals surface area contributed by atoms with Crippen LogP contribution in [0.4, 0.5) is 5.69 Å². The molecule has 4 nitrogen and oxygen atoms in total. The van der Waals surface area contributed by atoms with Crippen molar-refractivity contribution in [3.63, 3.8) is 0 Å². The number of aromatic nitrogens is 2. The first-order valence-electron chi connectivity index (χ1n) is 7.01. The van der Waals surface area contributed by atoms with Crippen LogP contribution in [0.3, 0.4) is 0 Å². The number of nitrogen functional groups attached to an aromatic ring is 1. The van der Waals surface area contributed by atoms with E-state index in [2.05, 4.69) is 11.1 Å². The minimum absolute atomic E-state index is 0.477. The Morgan fingerprint density at radius 1 is 1.15 bits per heavy atom. The second-order valence-corrected chi connectivity index (χ2v) is 5.27. The van der Waals surface area contributed by atoms with Gasteiger partial charge in [-0.3, -0.25) is 0 Å². The van der Waals surface area contributed by atoms with Gasteiger partial charge in [-0.1, -0.05) is 12.1 Å². The number of ether oxygens (including phenoxy) is 1. The zero-order valence-electron chi connectivity index (χ0n) is 11.7. The number of anilines is 1. The molecule has 104 valence electrons. The third-order valence-electron chi connectivity index (χ3n) is 3.66. The number of nitrogens with two attached hydrogens (primary N) is 1. The smallest absolute Gasteiger partial charge is 0.159 e. The maximum absolute atomic E-state index is 5.84. The lowest BCUT2D eigenvalue weighted by molar-refractivity contribution is 0.0845. The molecule has 20 heavy (non-hydrogen) atoms. The molecule has 1 aliphatic heterocycles. The van der Waals surface area contributed by atoms with Crippen LogP contribution in [0, 0.1) is 6.92 Å². The summed E-state index contributed by atoms with van der Waals surface area (Å²) in [5.41, 5.74) is 9.68. The third kappa shape index (κ3) is 2.80. The van der Waals surface area contributed by atoms with E-state index in [9.17, 15) is 0 Å². The van der Waals surface area contributed by atoms with Crippen LogP contribution in [0.2, 0.25) is 0 Å². The molecule has 0 bridgehead atoms. The minimum atomic E-state index is 0.477. The van der Waals surface area contributed by atoms with E-state index in [-0.39, 0.29) is 0 Å². The fourth-order valence-corrected chi connectivity index (χ4v) is 2.60. The second-order valence-electron chi connectivity index (χ2n) is 5.27. The standard InChI is InChI=1S/C16H19N3O/c1-11-9-15(12-5-7-20-8-6-12)19-16(18-11)13-3-2-4-14(17)10-13/h2-4,9-10,12H,5-8,17H2,1H3. The first kappa shape index (κ1) is 13.1. The van der Waals surface area contributed by atoms with Gasteiger partial charge in [0, 0.05) is 41.8 Å². The third-order valence-corrected chi connectivity index (χ3v) is 3.66. The van der Waals surface area contributed by atoms with Gasteiger partial charge in [0.2, 0.25) is 0 Å². The first-order valence-corrected chi connectivity index (χ1v) is 7.01. The normalized spacial score (nSPS) is 16.2. The van der Waals surface area contributed by atoms with Gasteiger partial charge in [-0.2, -0.15) is 0 Å².